The molecule has 2 aromatic carbocycles. The van der Waals surface area contributed by atoms with Crippen molar-refractivity contribution in [2.75, 3.05) is 6.54 Å². The quantitative estimate of drug-likeness (QED) is 0.512. The third kappa shape index (κ3) is 6.63. The summed E-state index contributed by atoms with van der Waals surface area (Å²) in [6, 6.07) is 18.5. The number of benzene rings is 2. The molecule has 8 heteroatoms. The first-order chi connectivity index (χ1) is 17.6. The van der Waals surface area contributed by atoms with Crippen molar-refractivity contribution in [3.05, 3.63) is 78.0 Å². The van der Waals surface area contributed by atoms with Crippen molar-refractivity contribution in [2.24, 2.45) is 11.8 Å². The first kappa shape index (κ1) is 27.6. The predicted octanol–water partition coefficient (Wildman–Crippen LogP) is 2.95. The number of carbonyl (C=O) groups is 3. The zero-order chi connectivity index (χ0) is 27.1. The lowest BCUT2D eigenvalue weighted by molar-refractivity contribution is -0.147. The Balaban J connectivity index is 1.94. The molecule has 0 fully saturated rings. The van der Waals surface area contributed by atoms with Crippen molar-refractivity contribution in [1.29, 1.82) is 5.26 Å². The van der Waals surface area contributed by atoms with E-state index < -0.39 is 24.1 Å². The van der Waals surface area contributed by atoms with Crippen LogP contribution in [0.5, 0.6) is 0 Å². The molecule has 0 spiro atoms. The molecule has 3 rings (SSSR count). The third-order valence-corrected chi connectivity index (χ3v) is 6.28. The third-order valence-electron chi connectivity index (χ3n) is 6.28. The van der Waals surface area contributed by atoms with Gasteiger partial charge < -0.3 is 15.3 Å². The van der Waals surface area contributed by atoms with Crippen LogP contribution in [0.15, 0.2) is 66.9 Å². The van der Waals surface area contributed by atoms with Gasteiger partial charge in [-0.25, -0.2) is 0 Å². The van der Waals surface area contributed by atoms with E-state index in [1.54, 1.807) is 26.1 Å². The molecule has 2 aromatic rings. The lowest BCUT2D eigenvalue weighted by Gasteiger charge is -2.41. The van der Waals surface area contributed by atoms with Gasteiger partial charge in [0, 0.05) is 12.1 Å². The summed E-state index contributed by atoms with van der Waals surface area (Å²) in [5, 5.41) is 22.3. The lowest BCUT2D eigenvalue weighted by Crippen LogP contribution is -2.57. The molecular formula is C29H34N4O4. The van der Waals surface area contributed by atoms with E-state index >= 15 is 0 Å². The normalized spacial score (nSPS) is 17.3. The molecule has 2 N–H and O–H groups in total. The molecule has 0 aliphatic carbocycles. The van der Waals surface area contributed by atoms with E-state index in [1.807, 2.05) is 74.5 Å². The Hall–Kier alpha value is -3.96. The fraction of sp³-hybridized carbons (Fsp3) is 0.379. The van der Waals surface area contributed by atoms with Gasteiger partial charge in [-0.1, -0.05) is 88.4 Å². The minimum atomic E-state index is -1.42. The molecule has 0 saturated heterocycles. The van der Waals surface area contributed by atoms with Gasteiger partial charge in [0.1, 0.15) is 12.6 Å². The van der Waals surface area contributed by atoms with E-state index in [9.17, 15) is 24.8 Å². The maximum atomic E-state index is 13.8. The molecular weight excluding hydrogens is 468 g/mol. The van der Waals surface area contributed by atoms with E-state index in [1.165, 1.54) is 9.80 Å². The lowest BCUT2D eigenvalue weighted by atomic mass is 9.95. The maximum Gasteiger partial charge on any atom is 0.250 e. The molecule has 194 valence electrons. The Kier molecular flexibility index (Phi) is 9.20. The van der Waals surface area contributed by atoms with Crippen molar-refractivity contribution >= 4 is 23.4 Å². The van der Waals surface area contributed by atoms with E-state index in [0.717, 1.165) is 5.56 Å². The van der Waals surface area contributed by atoms with Gasteiger partial charge in [0.05, 0.1) is 17.8 Å². The number of nitrogens with one attached hydrogen (secondary N) is 1. The molecule has 3 amide bonds. The molecule has 0 radical (unpaired) electrons. The highest BCUT2D eigenvalue weighted by atomic mass is 16.3. The van der Waals surface area contributed by atoms with Crippen molar-refractivity contribution in [1.82, 2.24) is 15.1 Å². The van der Waals surface area contributed by atoms with Gasteiger partial charge in [-0.3, -0.25) is 19.3 Å². The fourth-order valence-electron chi connectivity index (χ4n) is 4.38. The molecule has 1 aliphatic rings. The highest BCUT2D eigenvalue weighted by Crippen LogP contribution is 2.30. The van der Waals surface area contributed by atoms with Crippen LogP contribution in [0.2, 0.25) is 0 Å². The minimum Gasteiger partial charge on any atom is -0.376 e. The number of aliphatic hydroxyl groups is 1. The Labute approximate surface area is 218 Å². The van der Waals surface area contributed by atoms with E-state index in [0.29, 0.717) is 11.3 Å². The SMILES string of the molecule is CC(C)C(=O)N1C=C(c2ccccc2)N(CC(=O)N[C@@H](Cc2ccccc2)C(O)C#N)C(=O)[C@H]1C(C)C. The van der Waals surface area contributed by atoms with Gasteiger partial charge in [0.2, 0.25) is 11.8 Å². The van der Waals surface area contributed by atoms with Crippen molar-refractivity contribution < 1.29 is 19.5 Å². The van der Waals surface area contributed by atoms with E-state index in [-0.39, 0.29) is 36.6 Å². The van der Waals surface area contributed by atoms with Crippen molar-refractivity contribution in [3.8, 4) is 6.07 Å². The summed E-state index contributed by atoms with van der Waals surface area (Å²) in [6.07, 6.45) is 0.484. The standard InChI is InChI=1S/C29H34N4O4/c1-19(2)27-29(37)32(24(22-13-9-6-10-14-22)17-33(27)28(36)20(3)4)18-26(35)31-23(25(34)16-30)15-21-11-7-5-8-12-21/h5-14,17,19-20,23,25,27,34H,15,18H2,1-4H3,(H,31,35)/t23-,25?,27+/m0/s1. The number of nitriles is 1. The number of carbonyl (C=O) groups excluding carboxylic acids is 3. The zero-order valence-electron chi connectivity index (χ0n) is 21.7. The van der Waals surface area contributed by atoms with Crippen LogP contribution >= 0.6 is 0 Å². The van der Waals surface area contributed by atoms with Crippen LogP contribution in [0.3, 0.4) is 0 Å². The maximum absolute atomic E-state index is 13.8. The summed E-state index contributed by atoms with van der Waals surface area (Å²) in [5.74, 6) is -1.56. The Morgan fingerprint density at radius 3 is 2.16 bits per heavy atom. The summed E-state index contributed by atoms with van der Waals surface area (Å²) in [7, 11) is 0. The number of hydrogen-bond donors (Lipinski definition) is 2. The van der Waals surface area contributed by atoms with E-state index in [2.05, 4.69) is 5.32 Å². The number of aliphatic hydroxyl groups excluding tert-OH is 1. The van der Waals surface area contributed by atoms with Crippen LogP contribution in [0.25, 0.3) is 5.70 Å². The first-order valence-corrected chi connectivity index (χ1v) is 12.5. The summed E-state index contributed by atoms with van der Waals surface area (Å²) >= 11 is 0. The van der Waals surface area contributed by atoms with Crippen LogP contribution in [0.1, 0.15) is 38.8 Å². The van der Waals surface area contributed by atoms with Gasteiger partial charge in [-0.15, -0.1) is 0 Å². The van der Waals surface area contributed by atoms with Crippen molar-refractivity contribution in [3.63, 3.8) is 0 Å². The summed E-state index contributed by atoms with van der Waals surface area (Å²) < 4.78 is 0. The molecule has 1 heterocycles. The van der Waals surface area contributed by atoms with Crippen LogP contribution in [0, 0.1) is 23.2 Å². The van der Waals surface area contributed by atoms with Gasteiger partial charge in [0.25, 0.3) is 5.91 Å². The number of rotatable bonds is 9. The molecule has 8 nitrogen and oxygen atoms in total. The Morgan fingerprint density at radius 2 is 1.62 bits per heavy atom. The highest BCUT2D eigenvalue weighted by Gasteiger charge is 2.41. The fourth-order valence-corrected chi connectivity index (χ4v) is 4.38. The molecule has 1 aliphatic heterocycles. The summed E-state index contributed by atoms with van der Waals surface area (Å²) in [6.45, 7) is 6.97. The van der Waals surface area contributed by atoms with Gasteiger partial charge in [0.15, 0.2) is 6.10 Å². The largest absolute Gasteiger partial charge is 0.376 e. The number of hydrogen-bond acceptors (Lipinski definition) is 5. The molecule has 0 saturated carbocycles. The topological polar surface area (TPSA) is 114 Å². The monoisotopic (exact) mass is 502 g/mol. The average Bonchev–Trinajstić information content (AvgIpc) is 2.89. The summed E-state index contributed by atoms with van der Waals surface area (Å²) in [5.41, 5.74) is 1.97. The molecule has 1 unspecified atom stereocenters. The highest BCUT2D eigenvalue weighted by molar-refractivity contribution is 6.00. The molecule has 3 atom stereocenters. The predicted molar refractivity (Wildman–Crippen MR) is 140 cm³/mol. The minimum absolute atomic E-state index is 0.176. The van der Waals surface area contributed by atoms with Crippen LogP contribution in [-0.4, -0.2) is 57.4 Å². The number of nitrogens with zero attached hydrogens (tertiary/aromatic N) is 3. The summed E-state index contributed by atoms with van der Waals surface area (Å²) in [4.78, 5) is 43.0. The van der Waals surface area contributed by atoms with E-state index in [4.69, 9.17) is 0 Å². The second kappa shape index (κ2) is 12.3. The Bertz CT molecular complexity index is 1170. The van der Waals surface area contributed by atoms with Crippen molar-refractivity contribution in [2.45, 2.75) is 52.3 Å². The molecule has 37 heavy (non-hydrogen) atoms. The zero-order valence-corrected chi connectivity index (χ0v) is 21.7. The van der Waals surface area contributed by atoms with Crippen LogP contribution in [0.4, 0.5) is 0 Å². The van der Waals surface area contributed by atoms with Crippen LogP contribution < -0.4 is 5.32 Å². The second-order valence-corrected chi connectivity index (χ2v) is 9.83. The number of amides is 3. The van der Waals surface area contributed by atoms with Crippen LogP contribution in [-0.2, 0) is 20.8 Å². The smallest absolute Gasteiger partial charge is 0.250 e. The average molecular weight is 503 g/mol. The van der Waals surface area contributed by atoms with Gasteiger partial charge >= 0.3 is 0 Å². The second-order valence-electron chi connectivity index (χ2n) is 9.83. The van der Waals surface area contributed by atoms with Gasteiger partial charge in [-0.2, -0.15) is 5.26 Å². The molecule has 0 aromatic heterocycles. The Morgan fingerprint density at radius 1 is 1.03 bits per heavy atom. The molecule has 0 bridgehead atoms. The van der Waals surface area contributed by atoms with Gasteiger partial charge in [-0.05, 0) is 23.5 Å². The first-order valence-electron chi connectivity index (χ1n) is 12.5.